The van der Waals surface area contributed by atoms with Crippen LogP contribution in [0.25, 0.3) is 0 Å². The monoisotopic (exact) mass is 479 g/mol. The van der Waals surface area contributed by atoms with Gasteiger partial charge in [-0.25, -0.2) is 8.42 Å². The number of rotatable bonds is 8. The average molecular weight is 480 g/mol. The molecule has 1 aliphatic heterocycles. The van der Waals surface area contributed by atoms with Crippen LogP contribution in [0.4, 0.5) is 0 Å². The van der Waals surface area contributed by atoms with Crippen molar-refractivity contribution < 1.29 is 22.7 Å². The molecule has 10 heteroatoms. The SMILES string of the molecule is O=C(NCCCc1ccccc1)C(=O)NCC1OCCCN1S(=O)(=O)c1ccc(Cl)cc1. The number of ether oxygens (including phenoxy) is 1. The van der Waals surface area contributed by atoms with Gasteiger partial charge in [-0.3, -0.25) is 9.59 Å². The molecule has 2 N–H and O–H groups in total. The van der Waals surface area contributed by atoms with Gasteiger partial charge in [0, 0.05) is 18.1 Å². The minimum atomic E-state index is -3.84. The Morgan fingerprint density at radius 3 is 2.44 bits per heavy atom. The van der Waals surface area contributed by atoms with E-state index in [0.717, 1.165) is 12.0 Å². The molecule has 2 amide bonds. The van der Waals surface area contributed by atoms with E-state index in [1.807, 2.05) is 30.3 Å². The third kappa shape index (κ3) is 6.52. The fraction of sp³-hybridized carbons (Fsp3) is 0.364. The van der Waals surface area contributed by atoms with Crippen molar-refractivity contribution in [2.24, 2.45) is 0 Å². The van der Waals surface area contributed by atoms with E-state index in [2.05, 4.69) is 10.6 Å². The zero-order chi connectivity index (χ0) is 23.0. The highest BCUT2D eigenvalue weighted by atomic mass is 35.5. The zero-order valence-electron chi connectivity index (χ0n) is 17.5. The Hall–Kier alpha value is -2.46. The first kappa shape index (κ1) is 24.2. The lowest BCUT2D eigenvalue weighted by atomic mass is 10.1. The Kier molecular flexibility index (Phi) is 8.63. The van der Waals surface area contributed by atoms with Gasteiger partial charge in [-0.1, -0.05) is 41.9 Å². The van der Waals surface area contributed by atoms with Gasteiger partial charge >= 0.3 is 11.8 Å². The molecule has 1 atom stereocenters. The zero-order valence-corrected chi connectivity index (χ0v) is 19.1. The van der Waals surface area contributed by atoms with Crippen molar-refractivity contribution in [2.45, 2.75) is 30.4 Å². The number of sulfonamides is 1. The second kappa shape index (κ2) is 11.4. The molecule has 3 rings (SSSR count). The van der Waals surface area contributed by atoms with Crippen molar-refractivity contribution in [3.05, 3.63) is 65.2 Å². The molecule has 0 aromatic heterocycles. The summed E-state index contributed by atoms with van der Waals surface area (Å²) in [5.74, 6) is -1.59. The highest BCUT2D eigenvalue weighted by molar-refractivity contribution is 7.89. The molecule has 1 fully saturated rings. The first-order chi connectivity index (χ1) is 15.4. The second-order valence-electron chi connectivity index (χ2n) is 7.30. The van der Waals surface area contributed by atoms with E-state index in [1.165, 1.54) is 28.6 Å². The molecule has 2 aromatic carbocycles. The minimum absolute atomic E-state index is 0.0832. The van der Waals surface area contributed by atoms with Crippen LogP contribution in [0.15, 0.2) is 59.5 Å². The van der Waals surface area contributed by atoms with Gasteiger partial charge in [-0.2, -0.15) is 4.31 Å². The van der Waals surface area contributed by atoms with Crippen LogP contribution >= 0.6 is 11.6 Å². The summed E-state index contributed by atoms with van der Waals surface area (Å²) in [7, 11) is -3.84. The number of nitrogens with one attached hydrogen (secondary N) is 2. The predicted molar refractivity (Wildman–Crippen MR) is 120 cm³/mol. The van der Waals surface area contributed by atoms with E-state index in [-0.39, 0.29) is 18.0 Å². The number of carbonyl (C=O) groups excluding carboxylic acids is 2. The Morgan fingerprint density at radius 1 is 1.03 bits per heavy atom. The molecule has 172 valence electrons. The lowest BCUT2D eigenvalue weighted by molar-refractivity contribution is -0.140. The van der Waals surface area contributed by atoms with Crippen LogP contribution in [0.5, 0.6) is 0 Å². The van der Waals surface area contributed by atoms with Crippen LogP contribution in [0.3, 0.4) is 0 Å². The number of hydrogen-bond donors (Lipinski definition) is 2. The van der Waals surface area contributed by atoms with Gasteiger partial charge in [0.25, 0.3) is 0 Å². The van der Waals surface area contributed by atoms with Gasteiger partial charge in [0.1, 0.15) is 6.23 Å². The summed E-state index contributed by atoms with van der Waals surface area (Å²) in [6, 6.07) is 15.7. The molecule has 0 aliphatic carbocycles. The van der Waals surface area contributed by atoms with Gasteiger partial charge < -0.3 is 15.4 Å². The van der Waals surface area contributed by atoms with E-state index in [4.69, 9.17) is 16.3 Å². The number of nitrogens with zero attached hydrogens (tertiary/aromatic N) is 1. The summed E-state index contributed by atoms with van der Waals surface area (Å²) in [4.78, 5) is 24.3. The molecule has 0 bridgehead atoms. The van der Waals surface area contributed by atoms with Crippen LogP contribution in [-0.4, -0.2) is 57.0 Å². The number of benzene rings is 2. The molecule has 0 radical (unpaired) electrons. The van der Waals surface area contributed by atoms with Gasteiger partial charge in [-0.05, 0) is 49.1 Å². The largest absolute Gasteiger partial charge is 0.360 e. The lowest BCUT2D eigenvalue weighted by Gasteiger charge is -2.34. The molecule has 8 nitrogen and oxygen atoms in total. The standard InChI is InChI=1S/C22H26ClN3O5S/c23-18-9-11-19(12-10-18)32(29,30)26-14-5-15-31-20(26)16-25-22(28)21(27)24-13-4-8-17-6-2-1-3-7-17/h1-3,6-7,9-12,20H,4-5,8,13-16H2,(H,24,27)(H,25,28). The Morgan fingerprint density at radius 2 is 1.72 bits per heavy atom. The summed E-state index contributed by atoms with van der Waals surface area (Å²) in [6.07, 6.45) is 1.11. The molecule has 1 aliphatic rings. The first-order valence-electron chi connectivity index (χ1n) is 10.4. The molecule has 0 saturated carbocycles. The number of aryl methyl sites for hydroxylation is 1. The summed E-state index contributed by atoms with van der Waals surface area (Å²) in [5.41, 5.74) is 1.16. The highest BCUT2D eigenvalue weighted by Gasteiger charge is 2.34. The van der Waals surface area contributed by atoms with Crippen LogP contribution in [0.2, 0.25) is 5.02 Å². The molecular weight excluding hydrogens is 454 g/mol. The normalized spacial score (nSPS) is 17.0. The maximum absolute atomic E-state index is 13.0. The van der Waals surface area contributed by atoms with Crippen molar-refractivity contribution in [1.82, 2.24) is 14.9 Å². The van der Waals surface area contributed by atoms with Crippen molar-refractivity contribution in [2.75, 3.05) is 26.2 Å². The van der Waals surface area contributed by atoms with Crippen molar-refractivity contribution >= 4 is 33.4 Å². The summed E-state index contributed by atoms with van der Waals surface area (Å²) in [5, 5.41) is 5.48. The number of halogens is 1. The van der Waals surface area contributed by atoms with E-state index in [9.17, 15) is 18.0 Å². The van der Waals surface area contributed by atoms with Crippen molar-refractivity contribution in [3.8, 4) is 0 Å². The van der Waals surface area contributed by atoms with Crippen LogP contribution in [-0.2, 0) is 30.8 Å². The molecule has 0 spiro atoms. The third-order valence-corrected chi connectivity index (χ3v) is 7.14. The smallest absolute Gasteiger partial charge is 0.309 e. The quantitative estimate of drug-likeness (QED) is 0.444. The summed E-state index contributed by atoms with van der Waals surface area (Å²) < 4.78 is 32.7. The molecule has 1 heterocycles. The lowest BCUT2D eigenvalue weighted by Crippen LogP contribution is -2.53. The fourth-order valence-corrected chi connectivity index (χ4v) is 5.02. The third-order valence-electron chi connectivity index (χ3n) is 4.99. The van der Waals surface area contributed by atoms with Crippen LogP contribution < -0.4 is 10.6 Å². The molecule has 1 unspecified atom stereocenters. The minimum Gasteiger partial charge on any atom is -0.360 e. The van der Waals surface area contributed by atoms with Crippen molar-refractivity contribution in [1.29, 1.82) is 0 Å². The second-order valence-corrected chi connectivity index (χ2v) is 9.63. The number of amides is 2. The topological polar surface area (TPSA) is 105 Å². The molecule has 2 aromatic rings. The average Bonchev–Trinajstić information content (AvgIpc) is 2.81. The Balaban J connectivity index is 1.49. The van der Waals surface area contributed by atoms with Gasteiger partial charge in [0.15, 0.2) is 0 Å². The maximum Gasteiger partial charge on any atom is 0.309 e. The van der Waals surface area contributed by atoms with Crippen LogP contribution in [0.1, 0.15) is 18.4 Å². The van der Waals surface area contributed by atoms with E-state index in [1.54, 1.807) is 0 Å². The van der Waals surface area contributed by atoms with Crippen LogP contribution in [0, 0.1) is 0 Å². The summed E-state index contributed by atoms with van der Waals surface area (Å²) >= 11 is 5.85. The molecular formula is C22H26ClN3O5S. The summed E-state index contributed by atoms with van der Waals surface area (Å²) in [6.45, 7) is 0.831. The number of hydrogen-bond acceptors (Lipinski definition) is 5. The van der Waals surface area contributed by atoms with E-state index < -0.39 is 28.1 Å². The highest BCUT2D eigenvalue weighted by Crippen LogP contribution is 2.23. The Labute approximate surface area is 192 Å². The molecule has 32 heavy (non-hydrogen) atoms. The number of carbonyl (C=O) groups is 2. The van der Waals surface area contributed by atoms with Gasteiger partial charge in [0.05, 0.1) is 18.0 Å². The predicted octanol–water partition coefficient (Wildman–Crippen LogP) is 1.94. The first-order valence-corrected chi connectivity index (χ1v) is 12.2. The van der Waals surface area contributed by atoms with Gasteiger partial charge in [-0.15, -0.1) is 0 Å². The fourth-order valence-electron chi connectivity index (χ4n) is 3.32. The molecule has 1 saturated heterocycles. The van der Waals surface area contributed by atoms with E-state index >= 15 is 0 Å². The Bertz CT molecular complexity index is 1020. The van der Waals surface area contributed by atoms with Gasteiger partial charge in [0.2, 0.25) is 10.0 Å². The van der Waals surface area contributed by atoms with E-state index in [0.29, 0.717) is 31.0 Å². The maximum atomic E-state index is 13.0. The van der Waals surface area contributed by atoms with Crippen molar-refractivity contribution in [3.63, 3.8) is 0 Å².